The van der Waals surface area contributed by atoms with Gasteiger partial charge < -0.3 is 14.8 Å². The summed E-state index contributed by atoms with van der Waals surface area (Å²) in [5.41, 5.74) is -0.0889. The van der Waals surface area contributed by atoms with Crippen LogP contribution in [0.4, 0.5) is 5.69 Å². The molecule has 1 aromatic carbocycles. The van der Waals surface area contributed by atoms with E-state index >= 15 is 0 Å². The molecule has 1 amide bonds. The third-order valence-corrected chi connectivity index (χ3v) is 3.18. The molecule has 0 radical (unpaired) electrons. The summed E-state index contributed by atoms with van der Waals surface area (Å²) in [4.78, 5) is 45.3. The maximum absolute atomic E-state index is 11.8. The number of methoxy groups -OCH3 is 1. The second kappa shape index (κ2) is 9.36. The van der Waals surface area contributed by atoms with Gasteiger partial charge in [-0.2, -0.15) is 0 Å². The Bertz CT molecular complexity index is 640. The molecule has 0 aliphatic carbocycles. The molecule has 0 bridgehead atoms. The first kappa shape index (κ1) is 20.1. The monoisotopic (exact) mass is 352 g/mol. The van der Waals surface area contributed by atoms with Crippen LogP contribution >= 0.6 is 0 Å². The Morgan fingerprint density at radius 1 is 1.20 bits per heavy atom. The van der Waals surface area contributed by atoms with Crippen molar-refractivity contribution in [1.82, 2.24) is 5.32 Å². The molecule has 0 unspecified atom stereocenters. The summed E-state index contributed by atoms with van der Waals surface area (Å²) in [6, 6.07) is 3.96. The molecule has 0 saturated heterocycles. The van der Waals surface area contributed by atoms with Gasteiger partial charge in [-0.1, -0.05) is 13.8 Å². The number of rotatable bonds is 8. The molecule has 0 aliphatic rings. The molecule has 1 N–H and O–H groups in total. The lowest BCUT2D eigenvalue weighted by molar-refractivity contribution is -0.384. The normalized spacial score (nSPS) is 11.5. The summed E-state index contributed by atoms with van der Waals surface area (Å²) >= 11 is 0. The van der Waals surface area contributed by atoms with E-state index in [-0.39, 0.29) is 17.2 Å². The average molecular weight is 352 g/mol. The number of nitro benzene ring substituents is 1. The smallest absolute Gasteiger partial charge is 0.338 e. The second-order valence-electron chi connectivity index (χ2n) is 5.65. The Kier molecular flexibility index (Phi) is 7.51. The number of esters is 2. The van der Waals surface area contributed by atoms with Crippen LogP contribution in [0.5, 0.6) is 0 Å². The van der Waals surface area contributed by atoms with E-state index in [1.54, 1.807) is 0 Å². The van der Waals surface area contributed by atoms with Gasteiger partial charge in [-0.25, -0.2) is 9.59 Å². The summed E-state index contributed by atoms with van der Waals surface area (Å²) in [6.07, 6.45) is 0.384. The van der Waals surface area contributed by atoms with Crippen molar-refractivity contribution < 1.29 is 28.8 Å². The molecule has 136 valence electrons. The van der Waals surface area contributed by atoms with Crippen molar-refractivity contribution in [3.05, 3.63) is 39.9 Å². The van der Waals surface area contributed by atoms with Crippen molar-refractivity contribution in [1.29, 1.82) is 0 Å². The number of hydrogen-bond donors (Lipinski definition) is 1. The number of carbonyl (C=O) groups is 3. The van der Waals surface area contributed by atoms with Crippen molar-refractivity contribution in [2.75, 3.05) is 13.7 Å². The summed E-state index contributed by atoms with van der Waals surface area (Å²) < 4.78 is 9.46. The molecule has 0 heterocycles. The van der Waals surface area contributed by atoms with Crippen molar-refractivity contribution in [2.24, 2.45) is 5.92 Å². The molecule has 0 spiro atoms. The third-order valence-electron chi connectivity index (χ3n) is 3.18. The Hall–Kier alpha value is -2.97. The largest absolute Gasteiger partial charge is 0.467 e. The van der Waals surface area contributed by atoms with E-state index in [4.69, 9.17) is 4.74 Å². The lowest BCUT2D eigenvalue weighted by atomic mass is 10.0. The standard InChI is InChI=1S/C16H20N2O7/c1-10(2)8-13(16(21)24-3)17-14(19)9-25-15(20)11-4-6-12(7-5-11)18(22)23/h4-7,10,13H,8-9H2,1-3H3,(H,17,19)/t13-/m1/s1. The van der Waals surface area contributed by atoms with Crippen LogP contribution in [0, 0.1) is 16.0 Å². The number of amides is 1. The third kappa shape index (κ3) is 6.58. The fourth-order valence-corrected chi connectivity index (χ4v) is 2.00. The van der Waals surface area contributed by atoms with Crippen LogP contribution in [0.15, 0.2) is 24.3 Å². The fourth-order valence-electron chi connectivity index (χ4n) is 2.00. The van der Waals surface area contributed by atoms with Gasteiger partial charge in [0.15, 0.2) is 6.61 Å². The van der Waals surface area contributed by atoms with Gasteiger partial charge in [-0.05, 0) is 24.5 Å². The maximum atomic E-state index is 11.8. The first-order valence-electron chi connectivity index (χ1n) is 7.53. The van der Waals surface area contributed by atoms with Crippen LogP contribution in [0.3, 0.4) is 0 Å². The molecule has 1 atom stereocenters. The Balaban J connectivity index is 2.57. The number of ether oxygens (including phenoxy) is 2. The number of nitrogens with zero attached hydrogens (tertiary/aromatic N) is 1. The lowest BCUT2D eigenvalue weighted by Gasteiger charge is -2.18. The van der Waals surface area contributed by atoms with Gasteiger partial charge in [0.2, 0.25) is 0 Å². The van der Waals surface area contributed by atoms with Gasteiger partial charge in [0, 0.05) is 12.1 Å². The van der Waals surface area contributed by atoms with Gasteiger partial charge in [-0.15, -0.1) is 0 Å². The van der Waals surface area contributed by atoms with Crippen LogP contribution < -0.4 is 5.32 Å². The second-order valence-corrected chi connectivity index (χ2v) is 5.65. The molecule has 1 aromatic rings. The van der Waals surface area contributed by atoms with Gasteiger partial charge in [0.25, 0.3) is 11.6 Å². The summed E-state index contributed by atoms with van der Waals surface area (Å²) in [6.45, 7) is 3.19. The van der Waals surface area contributed by atoms with Gasteiger partial charge in [-0.3, -0.25) is 14.9 Å². The average Bonchev–Trinajstić information content (AvgIpc) is 2.58. The fraction of sp³-hybridized carbons (Fsp3) is 0.438. The van der Waals surface area contributed by atoms with E-state index in [9.17, 15) is 24.5 Å². The zero-order chi connectivity index (χ0) is 19.0. The van der Waals surface area contributed by atoms with Crippen molar-refractivity contribution in [2.45, 2.75) is 26.3 Å². The van der Waals surface area contributed by atoms with E-state index in [2.05, 4.69) is 10.1 Å². The number of benzene rings is 1. The molecule has 25 heavy (non-hydrogen) atoms. The number of nitrogens with one attached hydrogen (secondary N) is 1. The minimum absolute atomic E-state index is 0.0742. The number of non-ortho nitro benzene ring substituents is 1. The van der Waals surface area contributed by atoms with Crippen LogP contribution in [0.1, 0.15) is 30.6 Å². The first-order valence-corrected chi connectivity index (χ1v) is 7.53. The minimum Gasteiger partial charge on any atom is -0.467 e. The SMILES string of the molecule is COC(=O)[C@@H](CC(C)C)NC(=O)COC(=O)c1ccc([N+](=O)[O-])cc1. The molecule has 0 aromatic heterocycles. The topological polar surface area (TPSA) is 125 Å². The maximum Gasteiger partial charge on any atom is 0.338 e. The predicted molar refractivity (Wildman–Crippen MR) is 86.8 cm³/mol. The molecular weight excluding hydrogens is 332 g/mol. The Labute approximate surface area is 144 Å². The van der Waals surface area contributed by atoms with E-state index in [0.717, 1.165) is 12.1 Å². The number of hydrogen-bond acceptors (Lipinski definition) is 7. The summed E-state index contributed by atoms with van der Waals surface area (Å²) in [7, 11) is 1.22. The highest BCUT2D eigenvalue weighted by atomic mass is 16.6. The van der Waals surface area contributed by atoms with Crippen LogP contribution in [-0.4, -0.2) is 42.5 Å². The van der Waals surface area contributed by atoms with Gasteiger partial charge in [0.05, 0.1) is 17.6 Å². The summed E-state index contributed by atoms with van der Waals surface area (Å²) in [5.74, 6) is -1.88. The molecule has 0 fully saturated rings. The molecule has 9 nitrogen and oxygen atoms in total. The molecule has 0 saturated carbocycles. The van der Waals surface area contributed by atoms with Crippen molar-refractivity contribution >= 4 is 23.5 Å². The number of carbonyl (C=O) groups excluding carboxylic acids is 3. The summed E-state index contributed by atoms with van der Waals surface area (Å²) in [5, 5.41) is 13.0. The van der Waals surface area contributed by atoms with Gasteiger partial charge in [0.1, 0.15) is 6.04 Å². The molecular formula is C16H20N2O7. The Morgan fingerprint density at radius 3 is 2.28 bits per heavy atom. The molecule has 9 heteroatoms. The molecule has 1 rings (SSSR count). The quantitative estimate of drug-likeness (QED) is 0.426. The zero-order valence-corrected chi connectivity index (χ0v) is 14.2. The van der Waals surface area contributed by atoms with Gasteiger partial charge >= 0.3 is 11.9 Å². The van der Waals surface area contributed by atoms with Crippen LogP contribution in [-0.2, 0) is 19.1 Å². The predicted octanol–water partition coefficient (Wildman–Crippen LogP) is 1.46. The van der Waals surface area contributed by atoms with Crippen molar-refractivity contribution in [3.8, 4) is 0 Å². The van der Waals surface area contributed by atoms with Crippen LogP contribution in [0.2, 0.25) is 0 Å². The van der Waals surface area contributed by atoms with E-state index in [1.807, 2.05) is 13.8 Å². The van der Waals surface area contributed by atoms with E-state index in [0.29, 0.717) is 6.42 Å². The van der Waals surface area contributed by atoms with E-state index < -0.39 is 35.4 Å². The highest BCUT2D eigenvalue weighted by Crippen LogP contribution is 2.12. The van der Waals surface area contributed by atoms with E-state index in [1.165, 1.54) is 19.2 Å². The lowest BCUT2D eigenvalue weighted by Crippen LogP contribution is -2.44. The molecule has 0 aliphatic heterocycles. The zero-order valence-electron chi connectivity index (χ0n) is 14.2. The highest BCUT2D eigenvalue weighted by Gasteiger charge is 2.23. The number of nitro groups is 1. The van der Waals surface area contributed by atoms with Crippen LogP contribution in [0.25, 0.3) is 0 Å². The first-order chi connectivity index (χ1) is 11.7. The minimum atomic E-state index is -0.824. The highest BCUT2D eigenvalue weighted by molar-refractivity contribution is 5.92. The van der Waals surface area contributed by atoms with Crippen molar-refractivity contribution in [3.63, 3.8) is 0 Å². The Morgan fingerprint density at radius 2 is 1.80 bits per heavy atom.